The van der Waals surface area contributed by atoms with Crippen LogP contribution in [0.15, 0.2) is 4.99 Å². The highest BCUT2D eigenvalue weighted by Crippen LogP contribution is 2.34. The molecule has 0 spiro atoms. The molecule has 1 saturated carbocycles. The van der Waals surface area contributed by atoms with Crippen LogP contribution in [0.4, 0.5) is 0 Å². The van der Waals surface area contributed by atoms with Crippen molar-refractivity contribution in [2.24, 2.45) is 10.9 Å². The number of likely N-dealkylation sites (tertiary alicyclic amines) is 1. The maximum Gasteiger partial charge on any atom is 0.191 e. The average molecular weight is 438 g/mol. The van der Waals surface area contributed by atoms with Gasteiger partial charge in [0, 0.05) is 76.0 Å². The van der Waals surface area contributed by atoms with Crippen LogP contribution in [-0.2, 0) is 4.74 Å². The Balaban J connectivity index is 1.24. The fourth-order valence-corrected chi connectivity index (χ4v) is 6.74. The van der Waals surface area contributed by atoms with Crippen LogP contribution in [0.25, 0.3) is 0 Å². The maximum absolute atomic E-state index is 5.55. The zero-order valence-electron chi connectivity index (χ0n) is 19.0. The van der Waals surface area contributed by atoms with Gasteiger partial charge >= 0.3 is 0 Å². The minimum Gasteiger partial charge on any atom is -0.381 e. The summed E-state index contributed by atoms with van der Waals surface area (Å²) in [5, 5.41) is 7.50. The maximum atomic E-state index is 5.55. The molecule has 0 amide bonds. The highest BCUT2D eigenvalue weighted by Gasteiger charge is 2.38. The predicted molar refractivity (Wildman–Crippen MR) is 128 cm³/mol. The molecule has 0 radical (unpaired) electrons. The summed E-state index contributed by atoms with van der Waals surface area (Å²) in [6, 6.07) is 0.543. The lowest BCUT2D eigenvalue weighted by molar-refractivity contribution is 0.0625. The number of ether oxygens (including phenoxy) is 1. The Morgan fingerprint density at radius 3 is 2.50 bits per heavy atom. The number of piperidine rings is 1. The third-order valence-electron chi connectivity index (χ3n) is 7.74. The molecule has 172 valence electrons. The Morgan fingerprint density at radius 1 is 1.07 bits per heavy atom. The fraction of sp³-hybridized carbons (Fsp3) is 0.957. The zero-order chi connectivity index (χ0) is 20.7. The summed E-state index contributed by atoms with van der Waals surface area (Å²) in [6.07, 6.45) is 10.5. The van der Waals surface area contributed by atoms with E-state index in [1.54, 1.807) is 0 Å². The van der Waals surface area contributed by atoms with Gasteiger partial charge in [0.15, 0.2) is 5.96 Å². The van der Waals surface area contributed by atoms with Crippen LogP contribution in [-0.4, -0.2) is 98.4 Å². The molecule has 0 bridgehead atoms. The number of hydrogen-bond acceptors (Lipinski definition) is 5. The van der Waals surface area contributed by atoms with Gasteiger partial charge < -0.3 is 20.3 Å². The molecule has 1 aliphatic carbocycles. The highest BCUT2D eigenvalue weighted by atomic mass is 32.2. The first kappa shape index (κ1) is 22.7. The molecule has 4 aliphatic rings. The Bertz CT molecular complexity index is 534. The average Bonchev–Trinajstić information content (AvgIpc) is 3.32. The van der Waals surface area contributed by atoms with Gasteiger partial charge in [0.2, 0.25) is 0 Å². The fourth-order valence-electron chi connectivity index (χ4n) is 5.84. The Labute approximate surface area is 187 Å². The van der Waals surface area contributed by atoms with E-state index in [0.29, 0.717) is 11.6 Å². The van der Waals surface area contributed by atoms with Crippen molar-refractivity contribution in [3.05, 3.63) is 0 Å². The molecule has 0 aromatic heterocycles. The van der Waals surface area contributed by atoms with Gasteiger partial charge in [-0.05, 0) is 38.0 Å². The number of hydrogen-bond donors (Lipinski definition) is 2. The molecule has 1 unspecified atom stereocenters. The van der Waals surface area contributed by atoms with Crippen LogP contribution in [0.5, 0.6) is 0 Å². The zero-order valence-corrected chi connectivity index (χ0v) is 19.9. The van der Waals surface area contributed by atoms with Crippen LogP contribution >= 0.6 is 11.8 Å². The number of thioether (sulfide) groups is 1. The third kappa shape index (κ3) is 6.05. The molecule has 6 nitrogen and oxygen atoms in total. The highest BCUT2D eigenvalue weighted by molar-refractivity contribution is 7.99. The predicted octanol–water partition coefficient (Wildman–Crippen LogP) is 2.40. The van der Waals surface area contributed by atoms with Crippen LogP contribution in [0.1, 0.15) is 51.4 Å². The van der Waals surface area contributed by atoms with Gasteiger partial charge in [-0.3, -0.25) is 9.89 Å². The van der Waals surface area contributed by atoms with Gasteiger partial charge in [-0.15, -0.1) is 0 Å². The van der Waals surface area contributed by atoms with Gasteiger partial charge in [-0.2, -0.15) is 11.8 Å². The molecule has 30 heavy (non-hydrogen) atoms. The molecule has 3 heterocycles. The monoisotopic (exact) mass is 437 g/mol. The van der Waals surface area contributed by atoms with E-state index in [2.05, 4.69) is 37.2 Å². The number of guanidine groups is 1. The van der Waals surface area contributed by atoms with Crippen molar-refractivity contribution in [1.82, 2.24) is 20.4 Å². The molecular formula is C23H43N5OS. The number of nitrogens with zero attached hydrogens (tertiary/aromatic N) is 3. The molecule has 0 aromatic carbocycles. The minimum atomic E-state index is 0.337. The smallest absolute Gasteiger partial charge is 0.191 e. The first-order valence-electron chi connectivity index (χ1n) is 12.4. The summed E-state index contributed by atoms with van der Waals surface area (Å²) in [5.41, 5.74) is 0.337. The standard InChI is InChI=1S/C23H43N5OS/c1-24-22(26-21-5-10-27(11-6-21)17-20-7-14-29-18-20)25-19-23(8-3-2-4-9-23)28-12-15-30-16-13-28/h20-21H,2-19H2,1H3,(H2,24,25,26). The van der Waals surface area contributed by atoms with E-state index in [1.807, 2.05) is 7.05 Å². The van der Waals surface area contributed by atoms with Crippen molar-refractivity contribution in [3.8, 4) is 0 Å². The minimum absolute atomic E-state index is 0.337. The lowest BCUT2D eigenvalue weighted by atomic mass is 9.80. The molecular weight excluding hydrogens is 394 g/mol. The Morgan fingerprint density at radius 2 is 1.83 bits per heavy atom. The van der Waals surface area contributed by atoms with E-state index in [0.717, 1.165) is 31.6 Å². The quantitative estimate of drug-likeness (QED) is 0.492. The number of nitrogens with one attached hydrogen (secondary N) is 2. The molecule has 0 aromatic rings. The second-order valence-corrected chi connectivity index (χ2v) is 11.0. The Kier molecular flexibility index (Phi) is 8.61. The van der Waals surface area contributed by atoms with Crippen molar-refractivity contribution in [1.29, 1.82) is 0 Å². The molecule has 3 saturated heterocycles. The summed E-state index contributed by atoms with van der Waals surface area (Å²) >= 11 is 2.11. The van der Waals surface area contributed by atoms with Gasteiger partial charge in [0.25, 0.3) is 0 Å². The summed E-state index contributed by atoms with van der Waals surface area (Å²) < 4.78 is 5.55. The lowest BCUT2D eigenvalue weighted by Gasteiger charge is -2.48. The lowest BCUT2D eigenvalue weighted by Crippen LogP contribution is -2.60. The van der Waals surface area contributed by atoms with Gasteiger partial charge in [0.1, 0.15) is 0 Å². The second-order valence-electron chi connectivity index (χ2n) is 9.76. The molecule has 4 fully saturated rings. The van der Waals surface area contributed by atoms with Crippen molar-refractivity contribution in [2.75, 3.05) is 71.0 Å². The van der Waals surface area contributed by atoms with Gasteiger partial charge in [0.05, 0.1) is 6.61 Å². The second kappa shape index (κ2) is 11.4. The van der Waals surface area contributed by atoms with Gasteiger partial charge in [-0.25, -0.2) is 0 Å². The first-order chi connectivity index (χ1) is 14.8. The van der Waals surface area contributed by atoms with Crippen molar-refractivity contribution in [3.63, 3.8) is 0 Å². The van der Waals surface area contributed by atoms with E-state index in [-0.39, 0.29) is 0 Å². The molecule has 3 aliphatic heterocycles. The van der Waals surface area contributed by atoms with E-state index in [4.69, 9.17) is 4.74 Å². The number of rotatable bonds is 6. The molecule has 2 N–H and O–H groups in total. The molecule has 4 rings (SSSR count). The summed E-state index contributed by atoms with van der Waals surface area (Å²) in [6.45, 7) is 9.08. The van der Waals surface area contributed by atoms with Crippen LogP contribution in [0, 0.1) is 5.92 Å². The van der Waals surface area contributed by atoms with Crippen molar-refractivity contribution >= 4 is 17.7 Å². The van der Waals surface area contributed by atoms with E-state index in [9.17, 15) is 0 Å². The van der Waals surface area contributed by atoms with E-state index >= 15 is 0 Å². The normalized spacial score (nSPS) is 29.8. The van der Waals surface area contributed by atoms with Crippen LogP contribution < -0.4 is 10.6 Å². The van der Waals surface area contributed by atoms with Crippen LogP contribution in [0.3, 0.4) is 0 Å². The third-order valence-corrected chi connectivity index (χ3v) is 8.69. The summed E-state index contributed by atoms with van der Waals surface area (Å²) in [7, 11) is 1.93. The van der Waals surface area contributed by atoms with Crippen LogP contribution in [0.2, 0.25) is 0 Å². The molecule has 1 atom stereocenters. The topological polar surface area (TPSA) is 52.1 Å². The summed E-state index contributed by atoms with van der Waals surface area (Å²) in [5.74, 6) is 4.35. The van der Waals surface area contributed by atoms with Crippen molar-refractivity contribution in [2.45, 2.75) is 62.9 Å². The van der Waals surface area contributed by atoms with E-state index < -0.39 is 0 Å². The summed E-state index contributed by atoms with van der Waals surface area (Å²) in [4.78, 5) is 10.0. The number of aliphatic imine (C=N–C) groups is 1. The van der Waals surface area contributed by atoms with Gasteiger partial charge in [-0.1, -0.05) is 19.3 Å². The van der Waals surface area contributed by atoms with Crippen molar-refractivity contribution < 1.29 is 4.74 Å². The largest absolute Gasteiger partial charge is 0.381 e. The SMILES string of the molecule is CN=C(NCC1(N2CCSCC2)CCCCC1)NC1CCN(CC2CCOC2)CC1. The molecule has 7 heteroatoms. The first-order valence-corrected chi connectivity index (χ1v) is 13.5. The van der Waals surface area contributed by atoms with E-state index in [1.165, 1.54) is 95.6 Å². The Hall–Kier alpha value is -0.500.